The first-order valence-corrected chi connectivity index (χ1v) is 10.6. The average Bonchev–Trinajstić information content (AvgIpc) is 3.22. The molecule has 7 heteroatoms. The minimum Gasteiger partial charge on any atom is -0.497 e. The molecule has 2 bridgehead atoms. The van der Waals surface area contributed by atoms with Gasteiger partial charge < -0.3 is 18.6 Å². The molecule has 2 aromatic heterocycles. The predicted molar refractivity (Wildman–Crippen MR) is 114 cm³/mol. The van der Waals surface area contributed by atoms with E-state index in [1.54, 1.807) is 20.1 Å². The van der Waals surface area contributed by atoms with E-state index in [9.17, 15) is 9.59 Å². The normalized spacial score (nSPS) is 22.1. The number of hydrogen-bond acceptors (Lipinski definition) is 5. The zero-order valence-corrected chi connectivity index (χ0v) is 17.7. The number of ether oxygens (including phenoxy) is 1. The van der Waals surface area contributed by atoms with Gasteiger partial charge in [-0.25, -0.2) is 4.98 Å². The Morgan fingerprint density at radius 2 is 2.06 bits per heavy atom. The number of pyridine rings is 1. The Hall–Kier alpha value is -3.35. The second-order valence-corrected chi connectivity index (χ2v) is 8.44. The van der Waals surface area contributed by atoms with E-state index < -0.39 is 0 Å². The molecule has 160 valence electrons. The smallest absolute Gasteiger partial charge is 0.276 e. The van der Waals surface area contributed by atoms with Crippen LogP contribution in [0.15, 0.2) is 58.1 Å². The predicted octanol–water partition coefficient (Wildman–Crippen LogP) is 3.20. The number of carbonyl (C=O) groups is 1. The molecule has 31 heavy (non-hydrogen) atoms. The van der Waals surface area contributed by atoms with Crippen LogP contribution in [0, 0.1) is 12.8 Å². The van der Waals surface area contributed by atoms with E-state index in [-0.39, 0.29) is 29.3 Å². The number of aromatic nitrogens is 2. The van der Waals surface area contributed by atoms with E-state index in [0.29, 0.717) is 31.0 Å². The number of amides is 1. The number of likely N-dealkylation sites (tertiary alicyclic amines) is 1. The average molecular weight is 419 g/mol. The fraction of sp³-hybridized carbons (Fsp3) is 0.375. The maximum absolute atomic E-state index is 13.2. The van der Waals surface area contributed by atoms with Gasteiger partial charge in [0.1, 0.15) is 11.5 Å². The minimum atomic E-state index is -0.104. The highest BCUT2D eigenvalue weighted by Crippen LogP contribution is 2.42. The van der Waals surface area contributed by atoms with E-state index in [0.717, 1.165) is 23.4 Å². The second kappa shape index (κ2) is 7.72. The standard InChI is InChI=1S/C24H25N3O4/c1-15-23(25-14-31-15)24(29)26-12-17-11-18(13-26)21(27-20(17)7-4-8-22(27)28)10-16-5-3-6-19(9-16)30-2/h3-9,14,17-18,21H,10-13H2,1-2H3/t17-,18+,21+/m1/s1. The SMILES string of the molecule is COc1cccc(C[C@H]2[C@H]3C[C@H](CN(C(=O)c4ncoc4C)C3)c3cccc(=O)n32)c1. The van der Waals surface area contributed by atoms with Gasteiger partial charge in [0.05, 0.1) is 7.11 Å². The van der Waals surface area contributed by atoms with Crippen LogP contribution >= 0.6 is 0 Å². The summed E-state index contributed by atoms with van der Waals surface area (Å²) in [6.45, 7) is 2.93. The Kier molecular flexibility index (Phi) is 4.88. The first-order chi connectivity index (χ1) is 15.0. The van der Waals surface area contributed by atoms with Crippen LogP contribution in [0.5, 0.6) is 5.75 Å². The molecule has 2 aliphatic rings. The Bertz CT molecular complexity index is 1180. The van der Waals surface area contributed by atoms with Crippen molar-refractivity contribution in [2.24, 2.45) is 5.92 Å². The molecule has 4 heterocycles. The van der Waals surface area contributed by atoms with Crippen molar-refractivity contribution in [3.8, 4) is 5.75 Å². The Morgan fingerprint density at radius 3 is 2.84 bits per heavy atom. The Morgan fingerprint density at radius 1 is 1.23 bits per heavy atom. The maximum atomic E-state index is 13.2. The zero-order valence-electron chi connectivity index (χ0n) is 17.7. The van der Waals surface area contributed by atoms with E-state index in [1.807, 2.05) is 39.8 Å². The van der Waals surface area contributed by atoms with Crippen LogP contribution in [0.2, 0.25) is 0 Å². The van der Waals surface area contributed by atoms with Crippen molar-refractivity contribution in [3.05, 3.63) is 81.9 Å². The zero-order chi connectivity index (χ0) is 21.5. The van der Waals surface area contributed by atoms with Gasteiger partial charge in [-0.3, -0.25) is 9.59 Å². The summed E-state index contributed by atoms with van der Waals surface area (Å²) in [7, 11) is 1.65. The summed E-state index contributed by atoms with van der Waals surface area (Å²) in [4.78, 5) is 32.1. The molecule has 1 saturated heterocycles. The summed E-state index contributed by atoms with van der Waals surface area (Å²) in [6, 6.07) is 13.4. The maximum Gasteiger partial charge on any atom is 0.276 e. The van der Waals surface area contributed by atoms with E-state index in [4.69, 9.17) is 9.15 Å². The molecule has 0 spiro atoms. The van der Waals surface area contributed by atoms with Crippen molar-refractivity contribution in [2.75, 3.05) is 20.2 Å². The van der Waals surface area contributed by atoms with E-state index in [1.165, 1.54) is 6.39 Å². The topological polar surface area (TPSA) is 77.6 Å². The number of aryl methyl sites for hydroxylation is 1. The monoisotopic (exact) mass is 419 g/mol. The molecule has 2 aliphatic heterocycles. The van der Waals surface area contributed by atoms with Crippen molar-refractivity contribution in [1.29, 1.82) is 0 Å². The highest BCUT2D eigenvalue weighted by molar-refractivity contribution is 5.93. The highest BCUT2D eigenvalue weighted by atomic mass is 16.5. The molecular formula is C24H25N3O4. The summed E-state index contributed by atoms with van der Waals surface area (Å²) < 4.78 is 12.6. The van der Waals surface area contributed by atoms with Gasteiger partial charge in [-0.05, 0) is 49.4 Å². The van der Waals surface area contributed by atoms with Crippen LogP contribution in [-0.2, 0) is 6.42 Å². The lowest BCUT2D eigenvalue weighted by Crippen LogP contribution is -2.51. The lowest BCUT2D eigenvalue weighted by molar-refractivity contribution is 0.0522. The van der Waals surface area contributed by atoms with Crippen molar-refractivity contribution in [1.82, 2.24) is 14.5 Å². The van der Waals surface area contributed by atoms with Gasteiger partial charge >= 0.3 is 0 Å². The number of piperidine rings is 1. The lowest BCUT2D eigenvalue weighted by Gasteiger charge is -2.47. The quantitative estimate of drug-likeness (QED) is 0.649. The van der Waals surface area contributed by atoms with Crippen LogP contribution in [-0.4, -0.2) is 40.6 Å². The third-order valence-electron chi connectivity index (χ3n) is 6.61. The highest BCUT2D eigenvalue weighted by Gasteiger charge is 2.42. The Balaban J connectivity index is 1.52. The summed E-state index contributed by atoms with van der Waals surface area (Å²) in [5.41, 5.74) is 2.51. The van der Waals surface area contributed by atoms with Crippen LogP contribution in [0.25, 0.3) is 0 Å². The van der Waals surface area contributed by atoms with Crippen LogP contribution < -0.4 is 10.3 Å². The number of nitrogens with zero attached hydrogens (tertiary/aromatic N) is 3. The van der Waals surface area contributed by atoms with Crippen molar-refractivity contribution < 1.29 is 13.9 Å². The molecule has 0 aliphatic carbocycles. The molecule has 0 radical (unpaired) electrons. The first kappa shape index (κ1) is 19.6. The van der Waals surface area contributed by atoms with Gasteiger partial charge in [0, 0.05) is 36.8 Å². The number of carbonyl (C=O) groups excluding carboxylic acids is 1. The molecule has 7 nitrogen and oxygen atoms in total. The number of fused-ring (bicyclic) bond motifs is 4. The third-order valence-corrected chi connectivity index (χ3v) is 6.61. The molecule has 3 atom stereocenters. The van der Waals surface area contributed by atoms with Gasteiger partial charge in [0.25, 0.3) is 11.5 Å². The largest absolute Gasteiger partial charge is 0.497 e. The van der Waals surface area contributed by atoms with E-state index in [2.05, 4.69) is 11.1 Å². The first-order valence-electron chi connectivity index (χ1n) is 10.6. The fourth-order valence-corrected chi connectivity index (χ4v) is 5.17. The fourth-order valence-electron chi connectivity index (χ4n) is 5.17. The van der Waals surface area contributed by atoms with Gasteiger partial charge in [0.15, 0.2) is 12.1 Å². The summed E-state index contributed by atoms with van der Waals surface area (Å²) >= 11 is 0. The summed E-state index contributed by atoms with van der Waals surface area (Å²) in [6.07, 6.45) is 2.98. The number of oxazole rings is 1. The molecule has 5 rings (SSSR count). The number of hydrogen-bond donors (Lipinski definition) is 0. The number of methoxy groups -OCH3 is 1. The summed E-state index contributed by atoms with van der Waals surface area (Å²) in [5.74, 6) is 1.53. The molecule has 1 amide bonds. The van der Waals surface area contributed by atoms with Gasteiger partial charge in [0.2, 0.25) is 0 Å². The van der Waals surface area contributed by atoms with Crippen molar-refractivity contribution >= 4 is 5.91 Å². The summed E-state index contributed by atoms with van der Waals surface area (Å²) in [5, 5.41) is 0. The van der Waals surface area contributed by atoms with Crippen LogP contribution in [0.1, 0.15) is 45.9 Å². The molecule has 1 fully saturated rings. The number of rotatable bonds is 4. The van der Waals surface area contributed by atoms with Crippen LogP contribution in [0.3, 0.4) is 0 Å². The van der Waals surface area contributed by atoms with Crippen molar-refractivity contribution in [2.45, 2.75) is 31.7 Å². The van der Waals surface area contributed by atoms with E-state index >= 15 is 0 Å². The lowest BCUT2D eigenvalue weighted by atomic mass is 9.76. The van der Waals surface area contributed by atoms with Crippen LogP contribution in [0.4, 0.5) is 0 Å². The molecule has 0 saturated carbocycles. The minimum absolute atomic E-state index is 0.0206. The van der Waals surface area contributed by atoms with Gasteiger partial charge in [-0.1, -0.05) is 18.2 Å². The molecule has 0 unspecified atom stereocenters. The van der Waals surface area contributed by atoms with Crippen molar-refractivity contribution in [3.63, 3.8) is 0 Å². The Labute approximate surface area is 180 Å². The molecular weight excluding hydrogens is 394 g/mol. The van der Waals surface area contributed by atoms with Gasteiger partial charge in [-0.15, -0.1) is 0 Å². The molecule has 3 aromatic rings. The molecule has 0 N–H and O–H groups in total. The third kappa shape index (κ3) is 3.44. The number of benzene rings is 1. The second-order valence-electron chi connectivity index (χ2n) is 8.44. The molecule has 1 aromatic carbocycles. The van der Waals surface area contributed by atoms with Gasteiger partial charge in [-0.2, -0.15) is 0 Å².